The van der Waals surface area contributed by atoms with Gasteiger partial charge in [-0.05, 0) is 11.1 Å². The molecule has 1 aromatic carbocycles. The lowest BCUT2D eigenvalue weighted by atomic mass is 9.87. The lowest BCUT2D eigenvalue weighted by Crippen LogP contribution is -2.54. The molecule has 10 nitrogen and oxygen atoms in total. The van der Waals surface area contributed by atoms with Gasteiger partial charge in [-0.3, -0.25) is 19.4 Å². The Morgan fingerprint density at radius 1 is 1.09 bits per heavy atom. The van der Waals surface area contributed by atoms with Gasteiger partial charge in [0, 0.05) is 37.4 Å². The lowest BCUT2D eigenvalue weighted by Gasteiger charge is -2.38. The average Bonchev–Trinajstić information content (AvgIpc) is 2.81. The molecule has 1 aromatic heterocycles. The summed E-state index contributed by atoms with van der Waals surface area (Å²) >= 11 is 0. The van der Waals surface area contributed by atoms with Crippen LogP contribution in [0.3, 0.4) is 0 Å². The summed E-state index contributed by atoms with van der Waals surface area (Å²) in [4.78, 5) is 47.0. The Balaban J connectivity index is 1.59. The SMILES string of the molecule is NC(=O)C1Cc2ccccc2CN1C(=O)C1=CC(NC(=O)c2cnccn2)C(O)C(O)C1. The van der Waals surface area contributed by atoms with E-state index in [4.69, 9.17) is 5.73 Å². The first-order valence-corrected chi connectivity index (χ1v) is 10.2. The Labute approximate surface area is 183 Å². The van der Waals surface area contributed by atoms with E-state index in [1.807, 2.05) is 24.3 Å². The lowest BCUT2D eigenvalue weighted by molar-refractivity contribution is -0.138. The molecule has 1 aliphatic heterocycles. The molecule has 4 rings (SSSR count). The predicted octanol–water partition coefficient (Wildman–Crippen LogP) is -0.934. The third-order valence-electron chi connectivity index (χ3n) is 5.78. The molecule has 2 aromatic rings. The van der Waals surface area contributed by atoms with Gasteiger partial charge in [-0.2, -0.15) is 0 Å². The maximum Gasteiger partial charge on any atom is 0.272 e. The van der Waals surface area contributed by atoms with Crippen molar-refractivity contribution in [1.82, 2.24) is 20.2 Å². The fraction of sp³-hybridized carbons (Fsp3) is 0.318. The summed E-state index contributed by atoms with van der Waals surface area (Å²) in [7, 11) is 0. The van der Waals surface area contributed by atoms with E-state index in [1.54, 1.807) is 0 Å². The van der Waals surface area contributed by atoms with Crippen LogP contribution in [0.4, 0.5) is 0 Å². The van der Waals surface area contributed by atoms with Crippen LogP contribution in [0.2, 0.25) is 0 Å². The largest absolute Gasteiger partial charge is 0.390 e. The van der Waals surface area contributed by atoms with E-state index in [1.165, 1.54) is 29.6 Å². The van der Waals surface area contributed by atoms with E-state index in [2.05, 4.69) is 15.3 Å². The van der Waals surface area contributed by atoms with E-state index < -0.39 is 42.0 Å². The molecule has 0 fully saturated rings. The van der Waals surface area contributed by atoms with Gasteiger partial charge in [0.1, 0.15) is 17.8 Å². The minimum Gasteiger partial charge on any atom is -0.390 e. The number of rotatable bonds is 4. The van der Waals surface area contributed by atoms with Gasteiger partial charge < -0.3 is 26.2 Å². The maximum absolute atomic E-state index is 13.4. The summed E-state index contributed by atoms with van der Waals surface area (Å²) in [5.74, 6) is -1.72. The fourth-order valence-electron chi connectivity index (χ4n) is 4.07. The van der Waals surface area contributed by atoms with Crippen LogP contribution in [0.1, 0.15) is 28.0 Å². The molecule has 4 unspecified atom stereocenters. The number of nitrogens with zero attached hydrogens (tertiary/aromatic N) is 3. The molecule has 2 heterocycles. The average molecular weight is 437 g/mol. The topological polar surface area (TPSA) is 159 Å². The first-order valence-electron chi connectivity index (χ1n) is 10.2. The molecule has 166 valence electrons. The number of aromatic nitrogens is 2. The number of nitrogens with one attached hydrogen (secondary N) is 1. The van der Waals surface area contributed by atoms with E-state index >= 15 is 0 Å². The molecule has 2 aliphatic rings. The van der Waals surface area contributed by atoms with Crippen LogP contribution in [0.5, 0.6) is 0 Å². The minimum absolute atomic E-state index is 0.0301. The molecule has 1 aliphatic carbocycles. The third kappa shape index (κ3) is 4.23. The molecular formula is C22H23N5O5. The smallest absolute Gasteiger partial charge is 0.272 e. The number of carbonyl (C=O) groups is 3. The number of aliphatic hydroxyl groups is 2. The zero-order chi connectivity index (χ0) is 22.8. The van der Waals surface area contributed by atoms with Gasteiger partial charge in [0.15, 0.2) is 0 Å². The molecule has 4 atom stereocenters. The second kappa shape index (κ2) is 8.85. The van der Waals surface area contributed by atoms with E-state index in [0.29, 0.717) is 6.42 Å². The molecule has 0 radical (unpaired) electrons. The molecule has 3 amide bonds. The van der Waals surface area contributed by atoms with Crippen molar-refractivity contribution < 1.29 is 24.6 Å². The second-order valence-electron chi connectivity index (χ2n) is 7.87. The van der Waals surface area contributed by atoms with Crippen LogP contribution < -0.4 is 11.1 Å². The summed E-state index contributed by atoms with van der Waals surface area (Å²) in [5.41, 5.74) is 7.64. The van der Waals surface area contributed by atoms with Crippen molar-refractivity contribution in [3.8, 4) is 0 Å². The van der Waals surface area contributed by atoms with E-state index in [9.17, 15) is 24.6 Å². The van der Waals surface area contributed by atoms with E-state index in [-0.39, 0.29) is 24.2 Å². The zero-order valence-electron chi connectivity index (χ0n) is 17.1. The molecule has 0 saturated heterocycles. The predicted molar refractivity (Wildman–Crippen MR) is 112 cm³/mol. The maximum atomic E-state index is 13.4. The minimum atomic E-state index is -1.32. The number of aliphatic hydroxyl groups excluding tert-OH is 2. The Kier molecular flexibility index (Phi) is 5.97. The number of carbonyl (C=O) groups excluding carboxylic acids is 3. The Morgan fingerprint density at radius 3 is 2.53 bits per heavy atom. The Bertz CT molecular complexity index is 1070. The summed E-state index contributed by atoms with van der Waals surface area (Å²) < 4.78 is 0. The number of benzene rings is 1. The first kappa shape index (κ1) is 21.6. The van der Waals surface area contributed by atoms with Gasteiger partial charge in [-0.25, -0.2) is 4.98 Å². The standard InChI is InChI=1S/C22H23N5O5/c23-20(30)17-8-12-3-1-2-4-13(12)11-27(17)22(32)14-7-15(19(29)18(28)9-14)26-21(31)16-10-24-5-6-25-16/h1-7,10,15,17-19,28-29H,8-9,11H2,(H2,23,30)(H,26,31). The highest BCUT2D eigenvalue weighted by Crippen LogP contribution is 2.28. The van der Waals surface area contributed by atoms with Crippen LogP contribution in [0, 0.1) is 0 Å². The summed E-state index contributed by atoms with van der Waals surface area (Å²) in [5, 5.41) is 23.3. The molecule has 0 saturated carbocycles. The fourth-order valence-corrected chi connectivity index (χ4v) is 4.07. The number of amides is 3. The molecule has 0 spiro atoms. The highest BCUT2D eigenvalue weighted by Gasteiger charge is 2.39. The van der Waals surface area contributed by atoms with Crippen molar-refractivity contribution in [1.29, 1.82) is 0 Å². The number of hydrogen-bond donors (Lipinski definition) is 4. The van der Waals surface area contributed by atoms with Crippen molar-refractivity contribution >= 4 is 17.7 Å². The van der Waals surface area contributed by atoms with Crippen LogP contribution in [0.15, 0.2) is 54.5 Å². The quantitative estimate of drug-likeness (QED) is 0.481. The second-order valence-corrected chi connectivity index (χ2v) is 7.87. The van der Waals surface area contributed by atoms with Gasteiger partial charge in [-0.1, -0.05) is 30.3 Å². The molecule has 0 bridgehead atoms. The van der Waals surface area contributed by atoms with Crippen LogP contribution in [-0.2, 0) is 22.6 Å². The van der Waals surface area contributed by atoms with Crippen LogP contribution >= 0.6 is 0 Å². The highest BCUT2D eigenvalue weighted by molar-refractivity contribution is 5.98. The van der Waals surface area contributed by atoms with Gasteiger partial charge in [0.2, 0.25) is 5.91 Å². The van der Waals surface area contributed by atoms with E-state index in [0.717, 1.165) is 11.1 Å². The van der Waals surface area contributed by atoms with Crippen molar-refractivity contribution in [3.05, 3.63) is 71.3 Å². The van der Waals surface area contributed by atoms with Crippen LogP contribution in [-0.4, -0.2) is 67.1 Å². The molecule has 10 heteroatoms. The van der Waals surface area contributed by atoms with Crippen molar-refractivity contribution in [3.63, 3.8) is 0 Å². The van der Waals surface area contributed by atoms with Crippen molar-refractivity contribution in [2.24, 2.45) is 5.73 Å². The summed E-state index contributed by atoms with van der Waals surface area (Å²) in [6, 6.07) is 5.62. The summed E-state index contributed by atoms with van der Waals surface area (Å²) in [6.45, 7) is 0.190. The first-order chi connectivity index (χ1) is 15.3. The number of primary amides is 1. The van der Waals surface area contributed by atoms with Gasteiger partial charge in [0.05, 0.1) is 18.3 Å². The number of fused-ring (bicyclic) bond motifs is 1. The van der Waals surface area contributed by atoms with Gasteiger partial charge in [-0.15, -0.1) is 0 Å². The van der Waals surface area contributed by atoms with Crippen LogP contribution in [0.25, 0.3) is 0 Å². The highest BCUT2D eigenvalue weighted by atomic mass is 16.3. The summed E-state index contributed by atoms with van der Waals surface area (Å²) in [6.07, 6.45) is 3.01. The Morgan fingerprint density at radius 2 is 1.84 bits per heavy atom. The monoisotopic (exact) mass is 437 g/mol. The Hall–Kier alpha value is -3.63. The zero-order valence-corrected chi connectivity index (χ0v) is 17.1. The van der Waals surface area contributed by atoms with Gasteiger partial charge >= 0.3 is 0 Å². The number of hydrogen-bond acceptors (Lipinski definition) is 7. The number of nitrogens with two attached hydrogens (primary N) is 1. The van der Waals surface area contributed by atoms with Gasteiger partial charge in [0.25, 0.3) is 11.8 Å². The third-order valence-corrected chi connectivity index (χ3v) is 5.78. The normalized spacial score (nSPS) is 24.8. The molecule has 5 N–H and O–H groups in total. The molecule has 32 heavy (non-hydrogen) atoms. The van der Waals surface area contributed by atoms with Crippen molar-refractivity contribution in [2.75, 3.05) is 0 Å². The molecular weight excluding hydrogens is 414 g/mol. The van der Waals surface area contributed by atoms with Crippen molar-refractivity contribution in [2.45, 2.75) is 43.7 Å².